The van der Waals surface area contributed by atoms with Crippen LogP contribution in [0, 0.1) is 17.1 Å². The van der Waals surface area contributed by atoms with Crippen molar-refractivity contribution in [1.82, 2.24) is 9.97 Å². The summed E-state index contributed by atoms with van der Waals surface area (Å²) in [7, 11) is 0. The highest BCUT2D eigenvalue weighted by atomic mass is 35.5. The van der Waals surface area contributed by atoms with E-state index in [-0.39, 0.29) is 17.2 Å². The van der Waals surface area contributed by atoms with Crippen LogP contribution >= 0.6 is 11.6 Å². The molecule has 0 spiro atoms. The zero-order valence-electron chi connectivity index (χ0n) is 10.0. The Balaban J connectivity index is 2.34. The van der Waals surface area contributed by atoms with Crippen LogP contribution in [-0.2, 0) is 6.42 Å². The molecule has 0 fully saturated rings. The van der Waals surface area contributed by atoms with Crippen LogP contribution in [0.4, 0.5) is 4.39 Å². The minimum atomic E-state index is -0.641. The lowest BCUT2D eigenvalue weighted by atomic mass is 10.2. The summed E-state index contributed by atoms with van der Waals surface area (Å²) in [5.41, 5.74) is 0.609. The molecule has 0 atom stereocenters. The van der Waals surface area contributed by atoms with Crippen LogP contribution in [0.5, 0.6) is 11.6 Å². The van der Waals surface area contributed by atoms with Gasteiger partial charge < -0.3 is 4.74 Å². The molecule has 0 radical (unpaired) electrons. The van der Waals surface area contributed by atoms with Gasteiger partial charge in [-0.15, -0.1) is 0 Å². The Labute approximate surface area is 114 Å². The van der Waals surface area contributed by atoms with Crippen molar-refractivity contribution in [3.05, 3.63) is 46.6 Å². The SMILES string of the molecule is CCc1c(Cl)ncnc1Oc1ccc(C#N)c(F)c1. The van der Waals surface area contributed by atoms with Crippen LogP contribution in [0.1, 0.15) is 18.1 Å². The van der Waals surface area contributed by atoms with Crippen LogP contribution in [0.2, 0.25) is 5.15 Å². The van der Waals surface area contributed by atoms with Gasteiger partial charge in [0.2, 0.25) is 5.88 Å². The number of nitrogens with zero attached hydrogens (tertiary/aromatic N) is 3. The molecule has 0 bridgehead atoms. The lowest BCUT2D eigenvalue weighted by Crippen LogP contribution is -1.97. The van der Waals surface area contributed by atoms with E-state index >= 15 is 0 Å². The predicted octanol–water partition coefficient (Wildman–Crippen LogP) is 3.50. The quantitative estimate of drug-likeness (QED) is 0.806. The number of hydrogen-bond donors (Lipinski definition) is 0. The highest BCUT2D eigenvalue weighted by Gasteiger charge is 2.11. The topological polar surface area (TPSA) is 58.8 Å². The van der Waals surface area contributed by atoms with Crippen molar-refractivity contribution in [2.45, 2.75) is 13.3 Å². The molecule has 1 heterocycles. The van der Waals surface area contributed by atoms with E-state index in [1.807, 2.05) is 6.92 Å². The van der Waals surface area contributed by atoms with E-state index in [0.717, 1.165) is 6.07 Å². The van der Waals surface area contributed by atoms with Crippen molar-refractivity contribution in [3.63, 3.8) is 0 Å². The Morgan fingerprint density at radius 1 is 1.42 bits per heavy atom. The molecule has 0 amide bonds. The fourth-order valence-electron chi connectivity index (χ4n) is 1.52. The molecule has 4 nitrogen and oxygen atoms in total. The second-order valence-corrected chi connectivity index (χ2v) is 4.02. The normalized spacial score (nSPS) is 10.0. The van der Waals surface area contributed by atoms with E-state index in [1.54, 1.807) is 6.07 Å². The Morgan fingerprint density at radius 2 is 2.21 bits per heavy atom. The molecule has 1 aromatic heterocycles. The van der Waals surface area contributed by atoms with Crippen molar-refractivity contribution in [1.29, 1.82) is 5.26 Å². The molecular weight excluding hydrogens is 269 g/mol. The standard InChI is InChI=1S/C13H9ClFN3O/c1-2-10-12(14)17-7-18-13(10)19-9-4-3-8(6-16)11(15)5-9/h3-5,7H,2H2,1H3. The minimum Gasteiger partial charge on any atom is -0.438 e. The third-order valence-electron chi connectivity index (χ3n) is 2.48. The lowest BCUT2D eigenvalue weighted by Gasteiger charge is -2.09. The van der Waals surface area contributed by atoms with Gasteiger partial charge in [0.05, 0.1) is 11.1 Å². The highest BCUT2D eigenvalue weighted by molar-refractivity contribution is 6.30. The van der Waals surface area contributed by atoms with E-state index in [4.69, 9.17) is 21.6 Å². The van der Waals surface area contributed by atoms with Crippen molar-refractivity contribution < 1.29 is 9.13 Å². The summed E-state index contributed by atoms with van der Waals surface area (Å²) >= 11 is 5.93. The smallest absolute Gasteiger partial charge is 0.226 e. The summed E-state index contributed by atoms with van der Waals surface area (Å²) < 4.78 is 18.9. The number of nitriles is 1. The van der Waals surface area contributed by atoms with E-state index in [1.165, 1.54) is 18.5 Å². The van der Waals surface area contributed by atoms with E-state index < -0.39 is 5.82 Å². The van der Waals surface area contributed by atoms with Crippen LogP contribution in [-0.4, -0.2) is 9.97 Å². The molecule has 19 heavy (non-hydrogen) atoms. The minimum absolute atomic E-state index is 0.0382. The fourth-order valence-corrected chi connectivity index (χ4v) is 1.78. The van der Waals surface area contributed by atoms with E-state index in [9.17, 15) is 4.39 Å². The third-order valence-corrected chi connectivity index (χ3v) is 2.81. The number of aromatic nitrogens is 2. The second-order valence-electron chi connectivity index (χ2n) is 3.66. The molecule has 6 heteroatoms. The van der Waals surface area contributed by atoms with Gasteiger partial charge in [-0.3, -0.25) is 0 Å². The highest BCUT2D eigenvalue weighted by Crippen LogP contribution is 2.28. The van der Waals surface area contributed by atoms with Gasteiger partial charge in [-0.05, 0) is 18.6 Å². The summed E-state index contributed by atoms with van der Waals surface area (Å²) in [5.74, 6) is -0.106. The molecule has 96 valence electrons. The first kappa shape index (κ1) is 13.2. The van der Waals surface area contributed by atoms with Crippen molar-refractivity contribution in [2.75, 3.05) is 0 Å². The molecule has 0 N–H and O–H groups in total. The summed E-state index contributed by atoms with van der Waals surface area (Å²) in [6.45, 7) is 1.89. The first-order valence-electron chi connectivity index (χ1n) is 5.52. The lowest BCUT2D eigenvalue weighted by molar-refractivity contribution is 0.450. The number of benzene rings is 1. The van der Waals surface area contributed by atoms with Gasteiger partial charge in [-0.2, -0.15) is 5.26 Å². The molecule has 0 aliphatic rings. The van der Waals surface area contributed by atoms with Crippen LogP contribution in [0.3, 0.4) is 0 Å². The number of hydrogen-bond acceptors (Lipinski definition) is 4. The Morgan fingerprint density at radius 3 is 2.84 bits per heavy atom. The van der Waals surface area contributed by atoms with Gasteiger partial charge in [0.25, 0.3) is 0 Å². The van der Waals surface area contributed by atoms with Gasteiger partial charge in [0.1, 0.15) is 29.1 Å². The first-order valence-corrected chi connectivity index (χ1v) is 5.90. The molecule has 0 aliphatic carbocycles. The Bertz CT molecular complexity index is 655. The first-order chi connectivity index (χ1) is 9.15. The van der Waals surface area contributed by atoms with Gasteiger partial charge in [-0.25, -0.2) is 14.4 Å². The molecule has 0 unspecified atom stereocenters. The molecular formula is C13H9ClFN3O. The fraction of sp³-hybridized carbons (Fsp3) is 0.154. The largest absolute Gasteiger partial charge is 0.438 e. The molecule has 0 saturated carbocycles. The van der Waals surface area contributed by atoms with Crippen LogP contribution in [0.15, 0.2) is 24.5 Å². The van der Waals surface area contributed by atoms with Crippen molar-refractivity contribution in [3.8, 4) is 17.7 Å². The summed E-state index contributed by atoms with van der Waals surface area (Å²) in [4.78, 5) is 7.83. The zero-order valence-corrected chi connectivity index (χ0v) is 10.8. The number of halogens is 2. The Hall–Kier alpha value is -2.19. The molecule has 2 aromatic rings. The zero-order chi connectivity index (χ0) is 13.8. The predicted molar refractivity (Wildman–Crippen MR) is 67.6 cm³/mol. The van der Waals surface area contributed by atoms with Crippen LogP contribution < -0.4 is 4.74 Å². The van der Waals surface area contributed by atoms with E-state index in [0.29, 0.717) is 17.1 Å². The average molecular weight is 278 g/mol. The third kappa shape index (κ3) is 2.80. The maximum Gasteiger partial charge on any atom is 0.226 e. The molecule has 1 aromatic carbocycles. The maximum atomic E-state index is 13.5. The second kappa shape index (κ2) is 5.63. The van der Waals surface area contributed by atoms with Crippen LogP contribution in [0.25, 0.3) is 0 Å². The van der Waals surface area contributed by atoms with Crippen molar-refractivity contribution >= 4 is 11.6 Å². The molecule has 0 saturated heterocycles. The van der Waals surface area contributed by atoms with Crippen molar-refractivity contribution in [2.24, 2.45) is 0 Å². The number of ether oxygens (including phenoxy) is 1. The average Bonchev–Trinajstić information content (AvgIpc) is 2.39. The number of rotatable bonds is 3. The summed E-state index contributed by atoms with van der Waals surface area (Å²) in [6, 6.07) is 5.72. The monoisotopic (exact) mass is 277 g/mol. The summed E-state index contributed by atoms with van der Waals surface area (Å²) in [5, 5.41) is 8.96. The Kier molecular flexibility index (Phi) is 3.93. The van der Waals surface area contributed by atoms with Gasteiger partial charge in [-0.1, -0.05) is 18.5 Å². The molecule has 0 aliphatic heterocycles. The van der Waals surface area contributed by atoms with Gasteiger partial charge in [0, 0.05) is 6.07 Å². The van der Waals surface area contributed by atoms with E-state index in [2.05, 4.69) is 9.97 Å². The molecule has 2 rings (SSSR count). The van der Waals surface area contributed by atoms with Gasteiger partial charge in [0.15, 0.2) is 0 Å². The summed E-state index contributed by atoms with van der Waals surface area (Å²) in [6.07, 6.45) is 1.87. The van der Waals surface area contributed by atoms with Gasteiger partial charge >= 0.3 is 0 Å². The maximum absolute atomic E-state index is 13.5.